The number of nitrogens with zero attached hydrogens (tertiary/aromatic N) is 1. The number of amides is 2. The number of nitrogens with one attached hydrogen (secondary N) is 2. The smallest absolute Gasteiger partial charge is 0.414 e. The molecule has 2 amide bonds. The molecule has 0 atom stereocenters. The Morgan fingerprint density at radius 1 is 0.909 bits per heavy atom. The molecule has 2 aromatic carbocycles. The molecule has 10 heteroatoms. The van der Waals surface area contributed by atoms with Crippen LogP contribution < -0.4 is 10.6 Å². The first-order valence-electron chi connectivity index (χ1n) is 10.3. The number of hydrogen-bond acceptors (Lipinski definition) is 5. The summed E-state index contributed by atoms with van der Waals surface area (Å²) in [6.45, 7) is 2.94. The number of urea groups is 1. The van der Waals surface area contributed by atoms with Crippen molar-refractivity contribution < 1.29 is 33.8 Å². The fourth-order valence-electron chi connectivity index (χ4n) is 3.29. The Kier molecular flexibility index (Phi) is 9.97. The third kappa shape index (κ3) is 9.08. The predicted molar refractivity (Wildman–Crippen MR) is 119 cm³/mol. The van der Waals surface area contributed by atoms with Gasteiger partial charge < -0.3 is 25.7 Å². The number of rotatable bonds is 6. The monoisotopic (exact) mass is 459 g/mol. The third-order valence-corrected chi connectivity index (χ3v) is 5.02. The van der Waals surface area contributed by atoms with E-state index in [1.165, 1.54) is 12.1 Å². The Balaban J connectivity index is 0.000000569. The Morgan fingerprint density at radius 3 is 2.03 bits per heavy atom. The zero-order chi connectivity index (χ0) is 24.2. The van der Waals surface area contributed by atoms with Gasteiger partial charge in [0.05, 0.1) is 0 Å². The highest BCUT2D eigenvalue weighted by molar-refractivity contribution is 6.27. The summed E-state index contributed by atoms with van der Waals surface area (Å²) < 4.78 is 13.0. The molecule has 33 heavy (non-hydrogen) atoms. The van der Waals surface area contributed by atoms with Crippen LogP contribution in [0.4, 0.5) is 14.9 Å². The lowest BCUT2D eigenvalue weighted by atomic mass is 9.89. The topological polar surface area (TPSA) is 136 Å². The largest absolute Gasteiger partial charge is 0.473 e. The molecule has 2 aromatic rings. The molecule has 1 fully saturated rings. The third-order valence-electron chi connectivity index (χ3n) is 5.02. The number of aliphatic carboxylic acids is 2. The van der Waals surface area contributed by atoms with Gasteiger partial charge in [0.15, 0.2) is 5.78 Å². The lowest BCUT2D eigenvalue weighted by molar-refractivity contribution is -0.159. The number of para-hydroxylation sites is 1. The van der Waals surface area contributed by atoms with Crippen LogP contribution in [0.3, 0.4) is 0 Å². The Morgan fingerprint density at radius 2 is 1.48 bits per heavy atom. The number of carboxylic acid groups (broad SMARTS) is 2. The zero-order valence-corrected chi connectivity index (χ0v) is 17.9. The molecular formula is C23H26FN3O6. The molecule has 1 aliphatic heterocycles. The van der Waals surface area contributed by atoms with E-state index >= 15 is 0 Å². The van der Waals surface area contributed by atoms with Crippen LogP contribution in [0.2, 0.25) is 0 Å². The molecule has 3 rings (SSSR count). The van der Waals surface area contributed by atoms with Crippen LogP contribution in [0.1, 0.15) is 23.2 Å². The van der Waals surface area contributed by atoms with Crippen molar-refractivity contribution in [3.05, 3.63) is 66.0 Å². The Bertz CT molecular complexity index is 932. The Hall–Kier alpha value is -3.79. The van der Waals surface area contributed by atoms with Crippen molar-refractivity contribution in [2.24, 2.45) is 5.92 Å². The highest BCUT2D eigenvalue weighted by Gasteiger charge is 2.25. The van der Waals surface area contributed by atoms with Gasteiger partial charge in [0.2, 0.25) is 0 Å². The van der Waals surface area contributed by atoms with Crippen LogP contribution in [0.5, 0.6) is 0 Å². The number of anilines is 1. The maximum Gasteiger partial charge on any atom is 0.414 e. The van der Waals surface area contributed by atoms with E-state index in [2.05, 4.69) is 15.5 Å². The fraction of sp³-hybridized carbons (Fsp3) is 0.304. The number of carbonyl (C=O) groups excluding carboxylic acids is 2. The van der Waals surface area contributed by atoms with Gasteiger partial charge >= 0.3 is 18.0 Å². The number of ketones is 1. The maximum atomic E-state index is 13.0. The van der Waals surface area contributed by atoms with E-state index in [0.717, 1.165) is 38.2 Å². The normalized spacial score (nSPS) is 13.8. The van der Waals surface area contributed by atoms with Crippen LogP contribution in [0.15, 0.2) is 54.6 Å². The second-order valence-corrected chi connectivity index (χ2v) is 7.34. The summed E-state index contributed by atoms with van der Waals surface area (Å²) in [6, 6.07) is 14.8. The number of likely N-dealkylation sites (tertiary alicyclic amines) is 1. The number of halogens is 1. The summed E-state index contributed by atoms with van der Waals surface area (Å²) in [6.07, 6.45) is 1.57. The van der Waals surface area contributed by atoms with Crippen LogP contribution >= 0.6 is 0 Å². The van der Waals surface area contributed by atoms with E-state index in [9.17, 15) is 14.0 Å². The molecule has 0 unspecified atom stereocenters. The average Bonchev–Trinajstić information content (AvgIpc) is 2.80. The molecular weight excluding hydrogens is 433 g/mol. The van der Waals surface area contributed by atoms with Gasteiger partial charge in [-0.3, -0.25) is 4.79 Å². The van der Waals surface area contributed by atoms with E-state index in [4.69, 9.17) is 19.8 Å². The standard InChI is InChI=1S/C21H24FN3O2.C2H2O4/c22-18-8-6-16(7-9-18)20(26)17-10-13-25(14-11-17)15-12-23-21(27)24-19-4-2-1-3-5-19;3-1(4)2(5)6/h1-9,17H,10-15H2,(H2,23,24,27);(H,3,4)(H,5,6). The van der Waals surface area contributed by atoms with Crippen molar-refractivity contribution in [3.8, 4) is 0 Å². The van der Waals surface area contributed by atoms with Crippen LogP contribution in [0, 0.1) is 11.7 Å². The van der Waals surface area contributed by atoms with Gasteiger partial charge in [0.25, 0.3) is 0 Å². The lowest BCUT2D eigenvalue weighted by Gasteiger charge is -2.31. The van der Waals surface area contributed by atoms with Crippen molar-refractivity contribution in [1.82, 2.24) is 10.2 Å². The first-order valence-corrected chi connectivity index (χ1v) is 10.3. The number of benzene rings is 2. The minimum absolute atomic E-state index is 0.0129. The molecule has 0 bridgehead atoms. The number of hydrogen-bond donors (Lipinski definition) is 4. The second kappa shape index (κ2) is 12.9. The molecule has 0 radical (unpaired) electrons. The molecule has 0 spiro atoms. The highest BCUT2D eigenvalue weighted by Crippen LogP contribution is 2.21. The molecule has 1 aliphatic rings. The number of carbonyl (C=O) groups is 4. The number of carboxylic acids is 2. The summed E-state index contributed by atoms with van der Waals surface area (Å²) in [4.78, 5) is 44.8. The van der Waals surface area contributed by atoms with Crippen molar-refractivity contribution in [3.63, 3.8) is 0 Å². The van der Waals surface area contributed by atoms with Gasteiger partial charge in [-0.2, -0.15) is 0 Å². The van der Waals surface area contributed by atoms with Crippen molar-refractivity contribution in [2.75, 3.05) is 31.5 Å². The lowest BCUT2D eigenvalue weighted by Crippen LogP contribution is -2.41. The van der Waals surface area contributed by atoms with Crippen LogP contribution in [-0.2, 0) is 9.59 Å². The van der Waals surface area contributed by atoms with Gasteiger partial charge in [-0.1, -0.05) is 18.2 Å². The molecule has 4 N–H and O–H groups in total. The van der Waals surface area contributed by atoms with Crippen molar-refractivity contribution >= 4 is 29.4 Å². The van der Waals surface area contributed by atoms with Gasteiger partial charge in [0, 0.05) is 30.3 Å². The summed E-state index contributed by atoms with van der Waals surface area (Å²) in [5.41, 5.74) is 1.34. The van der Waals surface area contributed by atoms with E-state index in [-0.39, 0.29) is 23.5 Å². The highest BCUT2D eigenvalue weighted by atomic mass is 19.1. The van der Waals surface area contributed by atoms with Crippen LogP contribution in [0.25, 0.3) is 0 Å². The summed E-state index contributed by atoms with van der Waals surface area (Å²) in [5, 5.41) is 20.4. The second-order valence-electron chi connectivity index (χ2n) is 7.34. The summed E-state index contributed by atoms with van der Waals surface area (Å²) >= 11 is 0. The van der Waals surface area contributed by atoms with Crippen molar-refractivity contribution in [1.29, 1.82) is 0 Å². The van der Waals surface area contributed by atoms with Crippen molar-refractivity contribution in [2.45, 2.75) is 12.8 Å². The predicted octanol–water partition coefficient (Wildman–Crippen LogP) is 2.70. The molecule has 0 saturated carbocycles. The van der Waals surface area contributed by atoms with Gasteiger partial charge in [-0.25, -0.2) is 18.8 Å². The van der Waals surface area contributed by atoms with Gasteiger partial charge in [0.1, 0.15) is 5.82 Å². The summed E-state index contributed by atoms with van der Waals surface area (Å²) in [7, 11) is 0. The van der Waals surface area contributed by atoms with Crippen LogP contribution in [-0.4, -0.2) is 65.0 Å². The first kappa shape index (κ1) is 25.5. The van der Waals surface area contributed by atoms with E-state index < -0.39 is 11.9 Å². The molecule has 0 aliphatic carbocycles. The molecule has 1 heterocycles. The minimum Gasteiger partial charge on any atom is -0.473 e. The minimum atomic E-state index is -1.82. The van der Waals surface area contributed by atoms with E-state index in [1.54, 1.807) is 12.1 Å². The number of Topliss-reactive ketones (excluding diaryl/α,β-unsaturated/α-hetero) is 1. The molecule has 0 aromatic heterocycles. The Labute approximate surface area is 190 Å². The van der Waals surface area contributed by atoms with E-state index in [1.807, 2.05) is 30.3 Å². The maximum absolute atomic E-state index is 13.0. The number of piperidine rings is 1. The molecule has 9 nitrogen and oxygen atoms in total. The van der Waals surface area contributed by atoms with E-state index in [0.29, 0.717) is 12.1 Å². The molecule has 176 valence electrons. The SMILES string of the molecule is O=C(NCCN1CCC(C(=O)c2ccc(F)cc2)CC1)Nc1ccccc1.O=C(O)C(=O)O. The zero-order valence-electron chi connectivity index (χ0n) is 17.9. The first-order chi connectivity index (χ1) is 15.8. The summed E-state index contributed by atoms with van der Waals surface area (Å²) in [5.74, 6) is -3.90. The van der Waals surface area contributed by atoms with Gasteiger partial charge in [-0.15, -0.1) is 0 Å². The quantitative estimate of drug-likeness (QED) is 0.385. The average molecular weight is 459 g/mol. The fourth-order valence-corrected chi connectivity index (χ4v) is 3.29. The van der Waals surface area contributed by atoms with Gasteiger partial charge in [-0.05, 0) is 62.3 Å². The molecule has 1 saturated heterocycles.